The van der Waals surface area contributed by atoms with E-state index in [1.54, 1.807) is 36.1 Å². The van der Waals surface area contributed by atoms with Gasteiger partial charge in [0.15, 0.2) is 5.69 Å². The minimum atomic E-state index is -4.61. The van der Waals surface area contributed by atoms with Gasteiger partial charge in [-0.2, -0.15) is 31.4 Å². The van der Waals surface area contributed by atoms with Crippen LogP contribution in [0.5, 0.6) is 0 Å². The number of rotatable bonds is 8. The summed E-state index contributed by atoms with van der Waals surface area (Å²) in [6.07, 6.45) is -4.44. The molecule has 2 aliphatic rings. The van der Waals surface area contributed by atoms with Crippen molar-refractivity contribution in [2.45, 2.75) is 64.3 Å². The predicted molar refractivity (Wildman–Crippen MR) is 141 cm³/mol. The molecule has 1 saturated heterocycles. The summed E-state index contributed by atoms with van der Waals surface area (Å²) in [6, 6.07) is 4.75. The summed E-state index contributed by atoms with van der Waals surface area (Å²) in [5.74, 6) is -2.02. The second-order valence-electron chi connectivity index (χ2n) is 10.9. The summed E-state index contributed by atoms with van der Waals surface area (Å²) in [4.78, 5) is 26.0. The van der Waals surface area contributed by atoms with Gasteiger partial charge in [-0.15, -0.1) is 0 Å². The zero-order valence-corrected chi connectivity index (χ0v) is 23.1. The number of carbonyl (C=O) groups excluding carboxylic acids is 1. The van der Waals surface area contributed by atoms with Crippen molar-refractivity contribution < 1.29 is 41.0 Å². The predicted octanol–water partition coefficient (Wildman–Crippen LogP) is 6.35. The van der Waals surface area contributed by atoms with Gasteiger partial charge in [-0.3, -0.25) is 9.59 Å². The lowest BCUT2D eigenvalue weighted by atomic mass is 9.89. The highest BCUT2D eigenvalue weighted by Crippen LogP contribution is 2.34. The van der Waals surface area contributed by atoms with Crippen LogP contribution in [0.4, 0.5) is 26.3 Å². The molecule has 1 aliphatic carbocycles. The maximum Gasteiger partial charge on any atom is 0.435 e. The average Bonchev–Trinajstić information content (AvgIpc) is 3.42. The topological polar surface area (TPSA) is 87.5 Å². The molecule has 0 spiro atoms. The number of aryl methyl sites for hydroxylation is 1. The van der Waals surface area contributed by atoms with Crippen LogP contribution in [0, 0.1) is 18.8 Å². The van der Waals surface area contributed by atoms with Gasteiger partial charge in [-0.05, 0) is 68.0 Å². The number of halogens is 6. The number of alkyl halides is 6. The normalized spacial score (nSPS) is 20.5. The third-order valence-corrected chi connectivity index (χ3v) is 7.68. The minimum Gasteiger partial charge on any atom is -0.481 e. The Hall–Kier alpha value is -3.77. The Balaban J connectivity index is 1.55. The molecule has 7 nitrogen and oxygen atoms in total. The molecule has 2 aromatic rings. The molecule has 0 radical (unpaired) electrons. The van der Waals surface area contributed by atoms with Crippen molar-refractivity contribution in [1.29, 1.82) is 0 Å². The van der Waals surface area contributed by atoms with Crippen LogP contribution in [0.25, 0.3) is 5.69 Å². The Kier molecular flexibility index (Phi) is 9.07. The van der Waals surface area contributed by atoms with Gasteiger partial charge in [0.25, 0.3) is 0 Å². The molecule has 4 rings (SSSR count). The van der Waals surface area contributed by atoms with E-state index >= 15 is 0 Å². The number of benzene rings is 1. The van der Waals surface area contributed by atoms with E-state index in [2.05, 4.69) is 10.4 Å². The van der Waals surface area contributed by atoms with E-state index in [0.717, 1.165) is 10.7 Å². The van der Waals surface area contributed by atoms with E-state index in [0.29, 0.717) is 53.9 Å². The van der Waals surface area contributed by atoms with Crippen molar-refractivity contribution in [3.05, 3.63) is 70.7 Å². The highest BCUT2D eigenvalue weighted by molar-refractivity contribution is 5.94. The first-order chi connectivity index (χ1) is 19.6. The third kappa shape index (κ3) is 7.54. The molecule has 2 N–H and O–H groups in total. The fraction of sp³-hybridized carbons (Fsp3) is 0.483. The lowest BCUT2D eigenvalue weighted by Gasteiger charge is -2.33. The average molecular weight is 599 g/mol. The molecule has 0 saturated carbocycles. The number of likely N-dealkylation sites (tertiary alicyclic amines) is 1. The highest BCUT2D eigenvalue weighted by atomic mass is 19.4. The molecular weight excluding hydrogens is 566 g/mol. The monoisotopic (exact) mass is 598 g/mol. The van der Waals surface area contributed by atoms with Gasteiger partial charge in [0, 0.05) is 42.9 Å². The first kappa shape index (κ1) is 31.2. The number of carboxylic acids is 1. The molecule has 228 valence electrons. The Morgan fingerprint density at radius 2 is 1.88 bits per heavy atom. The van der Waals surface area contributed by atoms with E-state index in [1.807, 2.05) is 6.92 Å². The summed E-state index contributed by atoms with van der Waals surface area (Å²) in [5.41, 5.74) is 1.55. The van der Waals surface area contributed by atoms with Gasteiger partial charge < -0.3 is 15.3 Å². The smallest absolute Gasteiger partial charge is 0.435 e. The van der Waals surface area contributed by atoms with Crippen LogP contribution < -0.4 is 5.32 Å². The number of piperidine rings is 1. The minimum absolute atomic E-state index is 0.138. The zero-order valence-electron chi connectivity index (χ0n) is 23.1. The highest BCUT2D eigenvalue weighted by Gasteiger charge is 2.34. The van der Waals surface area contributed by atoms with E-state index in [9.17, 15) is 41.0 Å². The van der Waals surface area contributed by atoms with Gasteiger partial charge in [0.05, 0.1) is 17.6 Å². The fourth-order valence-corrected chi connectivity index (χ4v) is 5.40. The summed E-state index contributed by atoms with van der Waals surface area (Å²) in [5, 5.41) is 16.1. The molecule has 2 unspecified atom stereocenters. The van der Waals surface area contributed by atoms with Crippen LogP contribution in [0.2, 0.25) is 0 Å². The molecule has 2 heterocycles. The van der Waals surface area contributed by atoms with Crippen LogP contribution in [0.3, 0.4) is 0 Å². The SMILES string of the molecule is Cc1cc(-n2ccc(C(F)(F)F)n2)ccc1C(CCC(F)(F)F)NC1=CC=C(C(=O)N2CCC[C@@H](C(=O)O)C2)CC1C. The number of aromatic nitrogens is 2. The van der Waals surface area contributed by atoms with Crippen molar-refractivity contribution in [3.8, 4) is 5.69 Å². The van der Waals surface area contributed by atoms with Crippen molar-refractivity contribution in [2.75, 3.05) is 13.1 Å². The second kappa shape index (κ2) is 12.2. The van der Waals surface area contributed by atoms with E-state index < -0.39 is 42.4 Å². The van der Waals surface area contributed by atoms with Gasteiger partial charge >= 0.3 is 18.3 Å². The van der Waals surface area contributed by atoms with Crippen LogP contribution in [-0.4, -0.2) is 50.9 Å². The number of hydrogen-bond acceptors (Lipinski definition) is 4. The summed E-state index contributed by atoms with van der Waals surface area (Å²) < 4.78 is 79.7. The molecule has 1 fully saturated rings. The molecule has 3 atom stereocenters. The Labute approximate surface area is 238 Å². The third-order valence-electron chi connectivity index (χ3n) is 7.68. The largest absolute Gasteiger partial charge is 0.481 e. The maximum absolute atomic E-state index is 13.2. The molecule has 0 bridgehead atoms. The second-order valence-corrected chi connectivity index (χ2v) is 10.9. The van der Waals surface area contributed by atoms with Gasteiger partial charge in [0.2, 0.25) is 5.91 Å². The van der Waals surface area contributed by atoms with Crippen LogP contribution in [0.15, 0.2) is 53.9 Å². The van der Waals surface area contributed by atoms with Crippen LogP contribution >= 0.6 is 0 Å². The lowest BCUT2D eigenvalue weighted by Crippen LogP contribution is -2.43. The van der Waals surface area contributed by atoms with Crippen LogP contribution in [-0.2, 0) is 15.8 Å². The number of hydrogen-bond donors (Lipinski definition) is 2. The van der Waals surface area contributed by atoms with Crippen molar-refractivity contribution >= 4 is 11.9 Å². The van der Waals surface area contributed by atoms with E-state index in [4.69, 9.17) is 0 Å². The molecule has 1 aromatic carbocycles. The van der Waals surface area contributed by atoms with Crippen molar-refractivity contribution in [1.82, 2.24) is 20.0 Å². The summed E-state index contributed by atoms with van der Waals surface area (Å²) in [7, 11) is 0. The molecule has 42 heavy (non-hydrogen) atoms. The molecule has 1 aliphatic heterocycles. The molecule has 1 amide bonds. The van der Waals surface area contributed by atoms with Gasteiger partial charge in [-0.1, -0.05) is 19.1 Å². The number of nitrogens with one attached hydrogen (secondary N) is 1. The number of nitrogens with zero attached hydrogens (tertiary/aromatic N) is 3. The number of aliphatic carboxylic acids is 1. The Morgan fingerprint density at radius 1 is 1.14 bits per heavy atom. The maximum atomic E-state index is 13.2. The first-order valence-corrected chi connectivity index (χ1v) is 13.6. The molecule has 13 heteroatoms. The molecular formula is C29H32F6N4O3. The standard InChI is InChI=1S/C29H32F6N4O3/c1-17-15-21(39-13-10-25(37-39)29(33,34)35)6-7-22(17)24(9-11-28(30,31)32)36-23-8-5-19(14-18(23)2)26(40)38-12-3-4-20(16-38)27(41)42/h5-8,10,13,15,18,20,24,36H,3-4,9,11-12,14,16H2,1-2H3,(H,41,42)/t18?,20-,24?/m1/s1. The van der Waals surface area contributed by atoms with Gasteiger partial charge in [0.1, 0.15) is 0 Å². The van der Waals surface area contributed by atoms with E-state index in [1.165, 1.54) is 12.3 Å². The van der Waals surface area contributed by atoms with E-state index in [-0.39, 0.29) is 24.8 Å². The molecule has 1 aromatic heterocycles. The fourth-order valence-electron chi connectivity index (χ4n) is 5.40. The van der Waals surface area contributed by atoms with Crippen molar-refractivity contribution in [3.63, 3.8) is 0 Å². The lowest BCUT2D eigenvalue weighted by molar-refractivity contribution is -0.145. The Morgan fingerprint density at radius 3 is 2.48 bits per heavy atom. The zero-order chi connectivity index (χ0) is 30.8. The number of carbonyl (C=O) groups is 2. The van der Waals surface area contributed by atoms with Crippen LogP contribution in [0.1, 0.15) is 61.9 Å². The summed E-state index contributed by atoms with van der Waals surface area (Å²) >= 11 is 0. The number of amides is 1. The quantitative estimate of drug-likeness (QED) is 0.346. The number of carboxylic acid groups (broad SMARTS) is 1. The Bertz CT molecular complexity index is 1380. The number of allylic oxidation sites excluding steroid dienone is 3. The van der Waals surface area contributed by atoms with Crippen molar-refractivity contribution in [2.24, 2.45) is 11.8 Å². The van der Waals surface area contributed by atoms with Gasteiger partial charge in [-0.25, -0.2) is 4.68 Å². The first-order valence-electron chi connectivity index (χ1n) is 13.6. The summed E-state index contributed by atoms with van der Waals surface area (Å²) in [6.45, 7) is 4.13.